The Balaban J connectivity index is 1.87. The van der Waals surface area contributed by atoms with Gasteiger partial charge in [-0.2, -0.15) is 0 Å². The van der Waals surface area contributed by atoms with Crippen LogP contribution in [-0.2, 0) is 9.59 Å². The number of aliphatic imine (C=N–C) groups is 1. The Morgan fingerprint density at radius 2 is 1.89 bits per heavy atom. The van der Waals surface area contributed by atoms with E-state index in [9.17, 15) is 14.0 Å². The highest BCUT2D eigenvalue weighted by Gasteiger charge is 2.32. The molecule has 0 atom stereocenters. The first-order valence-corrected chi connectivity index (χ1v) is 9.53. The highest BCUT2D eigenvalue weighted by Crippen LogP contribution is 2.29. The molecular weight excluding hydrogens is 377 g/mol. The van der Waals surface area contributed by atoms with Crippen LogP contribution in [0.15, 0.2) is 77.9 Å². The van der Waals surface area contributed by atoms with Gasteiger partial charge in [-0.25, -0.2) is 9.38 Å². The number of thioether (sulfide) groups is 1. The Kier molecular flexibility index (Phi) is 6.39. The van der Waals surface area contributed by atoms with E-state index in [-0.39, 0.29) is 23.3 Å². The summed E-state index contributed by atoms with van der Waals surface area (Å²) in [6.45, 7) is 3.92. The summed E-state index contributed by atoms with van der Waals surface area (Å²) in [5.41, 5.74) is 1.58. The standard InChI is InChI=1S/C21H18FN3O2S/c1-2-12-23-19(26)14-28-21-24-18(13-15-6-4-3-5-7-15)20(27)25(21)17-10-8-16(22)9-11-17/h2-11,13H,1,12,14H2,(H,23,26)/b18-13+. The molecule has 1 aliphatic heterocycles. The van der Waals surface area contributed by atoms with Gasteiger partial charge in [-0.1, -0.05) is 48.2 Å². The first kappa shape index (κ1) is 19.6. The van der Waals surface area contributed by atoms with Crippen molar-refractivity contribution in [1.82, 2.24) is 5.32 Å². The van der Waals surface area contributed by atoms with Crippen LogP contribution in [0.4, 0.5) is 10.1 Å². The molecule has 7 heteroatoms. The summed E-state index contributed by atoms with van der Waals surface area (Å²) in [4.78, 5) is 30.7. The zero-order valence-corrected chi connectivity index (χ0v) is 15.8. The van der Waals surface area contributed by atoms with E-state index in [0.717, 1.165) is 17.3 Å². The van der Waals surface area contributed by atoms with Gasteiger partial charge >= 0.3 is 0 Å². The molecule has 0 aromatic heterocycles. The summed E-state index contributed by atoms with van der Waals surface area (Å²) in [5, 5.41) is 3.05. The van der Waals surface area contributed by atoms with Crippen molar-refractivity contribution in [2.45, 2.75) is 0 Å². The molecule has 2 aromatic carbocycles. The quantitative estimate of drug-likeness (QED) is 0.600. The number of hydrogen-bond acceptors (Lipinski definition) is 4. The van der Waals surface area contributed by atoms with Crippen LogP contribution >= 0.6 is 11.8 Å². The molecule has 0 bridgehead atoms. The second-order valence-corrected chi connectivity index (χ2v) is 6.78. The molecule has 3 rings (SSSR count). The van der Waals surface area contributed by atoms with Crippen molar-refractivity contribution in [3.8, 4) is 0 Å². The second kappa shape index (κ2) is 9.14. The highest BCUT2D eigenvalue weighted by molar-refractivity contribution is 8.14. The number of amides is 2. The topological polar surface area (TPSA) is 61.8 Å². The number of halogens is 1. The molecule has 1 N–H and O–H groups in total. The molecule has 0 unspecified atom stereocenters. The number of hydrogen-bond donors (Lipinski definition) is 1. The third kappa shape index (κ3) is 4.75. The van der Waals surface area contributed by atoms with Gasteiger partial charge in [0.05, 0.1) is 11.4 Å². The molecule has 5 nitrogen and oxygen atoms in total. The first-order chi connectivity index (χ1) is 13.6. The molecule has 2 aromatic rings. The van der Waals surface area contributed by atoms with E-state index in [1.807, 2.05) is 30.3 Å². The van der Waals surface area contributed by atoms with Crippen molar-refractivity contribution in [2.24, 2.45) is 4.99 Å². The van der Waals surface area contributed by atoms with E-state index in [4.69, 9.17) is 0 Å². The molecular formula is C21H18FN3O2S. The van der Waals surface area contributed by atoms with Crippen LogP contribution in [0.3, 0.4) is 0 Å². The number of benzene rings is 2. The van der Waals surface area contributed by atoms with E-state index in [2.05, 4.69) is 16.9 Å². The maximum atomic E-state index is 13.3. The molecule has 142 valence electrons. The number of amidine groups is 1. The minimum atomic E-state index is -0.398. The molecule has 0 saturated heterocycles. The number of carbonyl (C=O) groups excluding carboxylic acids is 2. The summed E-state index contributed by atoms with van der Waals surface area (Å²) in [7, 11) is 0. The average molecular weight is 395 g/mol. The Morgan fingerprint density at radius 3 is 2.57 bits per heavy atom. The Bertz CT molecular complexity index is 940. The molecule has 1 aliphatic rings. The molecule has 1 heterocycles. The fraction of sp³-hybridized carbons (Fsp3) is 0.0952. The number of rotatable bonds is 6. The normalized spacial score (nSPS) is 14.9. The van der Waals surface area contributed by atoms with Crippen LogP contribution in [0.5, 0.6) is 0 Å². The van der Waals surface area contributed by atoms with Crippen LogP contribution in [-0.4, -0.2) is 29.3 Å². The summed E-state index contributed by atoms with van der Waals surface area (Å²) in [6.07, 6.45) is 3.27. The van der Waals surface area contributed by atoms with Gasteiger partial charge in [0.2, 0.25) is 5.91 Å². The molecule has 0 fully saturated rings. The smallest absolute Gasteiger partial charge is 0.283 e. The van der Waals surface area contributed by atoms with Crippen LogP contribution in [0.1, 0.15) is 5.56 Å². The lowest BCUT2D eigenvalue weighted by atomic mass is 10.2. The fourth-order valence-corrected chi connectivity index (χ4v) is 3.33. The van der Waals surface area contributed by atoms with Gasteiger partial charge in [-0.15, -0.1) is 6.58 Å². The predicted molar refractivity (Wildman–Crippen MR) is 111 cm³/mol. The van der Waals surface area contributed by atoms with E-state index >= 15 is 0 Å². The number of anilines is 1. The fourth-order valence-electron chi connectivity index (χ4n) is 2.49. The van der Waals surface area contributed by atoms with Crippen molar-refractivity contribution in [3.05, 3.63) is 84.3 Å². The van der Waals surface area contributed by atoms with Gasteiger partial charge < -0.3 is 5.32 Å². The van der Waals surface area contributed by atoms with Gasteiger partial charge in [0.1, 0.15) is 11.5 Å². The summed E-state index contributed by atoms with van der Waals surface area (Å²) in [6, 6.07) is 14.9. The maximum absolute atomic E-state index is 13.3. The Labute approximate surface area is 166 Å². The van der Waals surface area contributed by atoms with Crippen molar-refractivity contribution in [3.63, 3.8) is 0 Å². The Morgan fingerprint density at radius 1 is 1.18 bits per heavy atom. The van der Waals surface area contributed by atoms with E-state index in [1.165, 1.54) is 29.2 Å². The molecule has 28 heavy (non-hydrogen) atoms. The van der Waals surface area contributed by atoms with Gasteiger partial charge in [0.25, 0.3) is 5.91 Å². The lowest BCUT2D eigenvalue weighted by molar-refractivity contribution is -0.118. The van der Waals surface area contributed by atoms with E-state index in [0.29, 0.717) is 17.4 Å². The number of nitrogens with zero attached hydrogens (tertiary/aromatic N) is 2. The predicted octanol–water partition coefficient (Wildman–Crippen LogP) is 3.60. The van der Waals surface area contributed by atoms with E-state index < -0.39 is 5.82 Å². The monoisotopic (exact) mass is 395 g/mol. The van der Waals surface area contributed by atoms with Gasteiger partial charge in [-0.3, -0.25) is 14.5 Å². The van der Waals surface area contributed by atoms with Crippen molar-refractivity contribution >= 4 is 40.5 Å². The minimum absolute atomic E-state index is 0.0935. The number of carbonyl (C=O) groups is 2. The molecule has 0 spiro atoms. The zero-order chi connectivity index (χ0) is 19.9. The summed E-state index contributed by atoms with van der Waals surface area (Å²) >= 11 is 1.14. The van der Waals surface area contributed by atoms with Crippen molar-refractivity contribution < 1.29 is 14.0 Å². The lowest BCUT2D eigenvalue weighted by Crippen LogP contribution is -2.32. The van der Waals surface area contributed by atoms with Crippen LogP contribution < -0.4 is 10.2 Å². The summed E-state index contributed by atoms with van der Waals surface area (Å²) in [5.74, 6) is -0.828. The van der Waals surface area contributed by atoms with Crippen LogP contribution in [0.2, 0.25) is 0 Å². The van der Waals surface area contributed by atoms with Crippen molar-refractivity contribution in [2.75, 3.05) is 17.2 Å². The largest absolute Gasteiger partial charge is 0.352 e. The van der Waals surface area contributed by atoms with Gasteiger partial charge in [0.15, 0.2) is 5.17 Å². The van der Waals surface area contributed by atoms with Crippen LogP contribution in [0, 0.1) is 5.82 Å². The maximum Gasteiger partial charge on any atom is 0.283 e. The lowest BCUT2D eigenvalue weighted by Gasteiger charge is -2.17. The zero-order valence-electron chi connectivity index (χ0n) is 15.0. The summed E-state index contributed by atoms with van der Waals surface area (Å²) < 4.78 is 13.3. The first-order valence-electron chi connectivity index (χ1n) is 8.54. The molecule has 2 amide bonds. The van der Waals surface area contributed by atoms with Crippen molar-refractivity contribution in [1.29, 1.82) is 0 Å². The SMILES string of the molecule is C=CCNC(=O)CSC1=N/C(=C/c2ccccc2)C(=O)N1c1ccc(F)cc1. The third-order valence-corrected chi connectivity index (χ3v) is 4.73. The highest BCUT2D eigenvalue weighted by atomic mass is 32.2. The molecule has 0 aliphatic carbocycles. The molecule has 0 radical (unpaired) electrons. The number of nitrogens with one attached hydrogen (secondary N) is 1. The Hall–Kier alpha value is -3.19. The molecule has 0 saturated carbocycles. The van der Waals surface area contributed by atoms with E-state index in [1.54, 1.807) is 12.2 Å². The average Bonchev–Trinajstić information content (AvgIpc) is 3.01. The third-order valence-electron chi connectivity index (χ3n) is 3.79. The second-order valence-electron chi connectivity index (χ2n) is 5.83. The van der Waals surface area contributed by atoms with Gasteiger partial charge in [0, 0.05) is 6.54 Å². The van der Waals surface area contributed by atoms with Crippen LogP contribution in [0.25, 0.3) is 6.08 Å². The van der Waals surface area contributed by atoms with Gasteiger partial charge in [-0.05, 0) is 35.9 Å². The minimum Gasteiger partial charge on any atom is -0.352 e.